The number of hydrogen-bond acceptors (Lipinski definition) is 2. The van der Waals surface area contributed by atoms with E-state index in [0.29, 0.717) is 0 Å². The SMILES string of the molecule is CC(C)(C)c1ccccc1NC(=O)CCC(=O)O. The molecule has 0 saturated carbocycles. The predicted octanol–water partition coefficient (Wildman–Crippen LogP) is 2.79. The van der Waals surface area contributed by atoms with E-state index in [1.165, 1.54) is 0 Å². The Kier molecular flexibility index (Phi) is 4.48. The molecule has 0 fully saturated rings. The van der Waals surface area contributed by atoms with Crippen molar-refractivity contribution in [3.05, 3.63) is 29.8 Å². The summed E-state index contributed by atoms with van der Waals surface area (Å²) in [5.74, 6) is -1.23. The zero-order valence-electron chi connectivity index (χ0n) is 11.0. The molecule has 0 heterocycles. The zero-order chi connectivity index (χ0) is 13.8. The van der Waals surface area contributed by atoms with Crippen molar-refractivity contribution in [1.29, 1.82) is 0 Å². The van der Waals surface area contributed by atoms with Crippen LogP contribution in [-0.4, -0.2) is 17.0 Å². The molecule has 0 atom stereocenters. The highest BCUT2D eigenvalue weighted by Gasteiger charge is 2.18. The molecule has 18 heavy (non-hydrogen) atoms. The van der Waals surface area contributed by atoms with Crippen LogP contribution in [0.15, 0.2) is 24.3 Å². The molecular weight excluding hydrogens is 230 g/mol. The van der Waals surface area contributed by atoms with Gasteiger partial charge in [0.2, 0.25) is 5.91 Å². The van der Waals surface area contributed by atoms with E-state index in [9.17, 15) is 9.59 Å². The molecule has 0 radical (unpaired) electrons. The summed E-state index contributed by atoms with van der Waals surface area (Å²) in [7, 11) is 0. The van der Waals surface area contributed by atoms with Gasteiger partial charge in [-0.2, -0.15) is 0 Å². The number of hydrogen-bond donors (Lipinski definition) is 2. The minimum absolute atomic E-state index is 0.00614. The van der Waals surface area contributed by atoms with Crippen molar-refractivity contribution in [2.24, 2.45) is 0 Å². The largest absolute Gasteiger partial charge is 0.481 e. The molecule has 0 aliphatic rings. The number of para-hydroxylation sites is 1. The number of rotatable bonds is 4. The third-order valence-electron chi connectivity index (χ3n) is 2.58. The summed E-state index contributed by atoms with van der Waals surface area (Å²) >= 11 is 0. The first-order valence-corrected chi connectivity index (χ1v) is 5.92. The van der Waals surface area contributed by atoms with Crippen LogP contribution in [0, 0.1) is 0 Å². The van der Waals surface area contributed by atoms with Gasteiger partial charge in [-0.1, -0.05) is 39.0 Å². The molecule has 0 unspecified atom stereocenters. The Balaban J connectivity index is 2.79. The van der Waals surface area contributed by atoms with Crippen LogP contribution >= 0.6 is 0 Å². The van der Waals surface area contributed by atoms with Gasteiger partial charge in [0.05, 0.1) is 6.42 Å². The Bertz CT molecular complexity index is 447. The molecule has 4 heteroatoms. The van der Waals surface area contributed by atoms with E-state index in [0.717, 1.165) is 11.3 Å². The summed E-state index contributed by atoms with van der Waals surface area (Å²) in [6, 6.07) is 7.57. The zero-order valence-corrected chi connectivity index (χ0v) is 11.0. The van der Waals surface area contributed by atoms with E-state index in [-0.39, 0.29) is 24.2 Å². The van der Waals surface area contributed by atoms with Crippen LogP contribution < -0.4 is 5.32 Å². The Morgan fingerprint density at radius 3 is 2.33 bits per heavy atom. The molecule has 98 valence electrons. The average Bonchev–Trinajstić information content (AvgIpc) is 2.25. The Morgan fingerprint density at radius 1 is 1.17 bits per heavy atom. The van der Waals surface area contributed by atoms with Crippen molar-refractivity contribution in [2.45, 2.75) is 39.0 Å². The summed E-state index contributed by atoms with van der Waals surface area (Å²) in [4.78, 5) is 22.0. The summed E-state index contributed by atoms with van der Waals surface area (Å²) in [5, 5.41) is 11.3. The van der Waals surface area contributed by atoms with Gasteiger partial charge in [0, 0.05) is 12.1 Å². The molecule has 2 N–H and O–H groups in total. The quantitative estimate of drug-likeness (QED) is 0.862. The maximum absolute atomic E-state index is 11.6. The van der Waals surface area contributed by atoms with E-state index in [4.69, 9.17) is 5.11 Å². The van der Waals surface area contributed by atoms with Crippen LogP contribution in [0.2, 0.25) is 0 Å². The van der Waals surface area contributed by atoms with Crippen molar-refractivity contribution in [3.63, 3.8) is 0 Å². The lowest BCUT2D eigenvalue weighted by molar-refractivity contribution is -0.138. The van der Waals surface area contributed by atoms with Gasteiger partial charge in [0.25, 0.3) is 0 Å². The van der Waals surface area contributed by atoms with E-state index in [2.05, 4.69) is 26.1 Å². The highest BCUT2D eigenvalue weighted by Crippen LogP contribution is 2.29. The smallest absolute Gasteiger partial charge is 0.303 e. The number of amides is 1. The van der Waals surface area contributed by atoms with Gasteiger partial charge in [-0.25, -0.2) is 0 Å². The molecule has 1 aromatic rings. The maximum atomic E-state index is 11.6. The molecule has 0 aliphatic heterocycles. The van der Waals surface area contributed by atoms with E-state index in [1.54, 1.807) is 0 Å². The molecule has 1 rings (SSSR count). The van der Waals surface area contributed by atoms with Gasteiger partial charge in [-0.3, -0.25) is 9.59 Å². The summed E-state index contributed by atoms with van der Waals surface area (Å²) in [5.41, 5.74) is 1.71. The fourth-order valence-electron chi connectivity index (χ4n) is 1.68. The minimum atomic E-state index is -0.964. The number of anilines is 1. The molecule has 0 aromatic heterocycles. The fourth-order valence-corrected chi connectivity index (χ4v) is 1.68. The summed E-state index contributed by atoms with van der Waals surface area (Å²) < 4.78 is 0. The van der Waals surface area contributed by atoms with E-state index in [1.807, 2.05) is 24.3 Å². The molecule has 1 aromatic carbocycles. The number of carboxylic acid groups (broad SMARTS) is 1. The van der Waals surface area contributed by atoms with Crippen molar-refractivity contribution < 1.29 is 14.7 Å². The molecule has 0 saturated heterocycles. The van der Waals surface area contributed by atoms with Crippen LogP contribution in [0.25, 0.3) is 0 Å². The second-order valence-corrected chi connectivity index (χ2v) is 5.24. The average molecular weight is 249 g/mol. The molecule has 0 spiro atoms. The van der Waals surface area contributed by atoms with Gasteiger partial charge in [-0.05, 0) is 17.0 Å². The summed E-state index contributed by atoms with van der Waals surface area (Å²) in [6.45, 7) is 6.19. The highest BCUT2D eigenvalue weighted by atomic mass is 16.4. The number of carbonyl (C=O) groups is 2. The monoisotopic (exact) mass is 249 g/mol. The van der Waals surface area contributed by atoms with Gasteiger partial charge in [0.1, 0.15) is 0 Å². The van der Waals surface area contributed by atoms with Crippen LogP contribution in [0.4, 0.5) is 5.69 Å². The Morgan fingerprint density at radius 2 is 1.78 bits per heavy atom. The lowest BCUT2D eigenvalue weighted by Crippen LogP contribution is -2.19. The van der Waals surface area contributed by atoms with Crippen LogP contribution in [0.1, 0.15) is 39.2 Å². The van der Waals surface area contributed by atoms with Gasteiger partial charge in [0.15, 0.2) is 0 Å². The van der Waals surface area contributed by atoms with Crippen molar-refractivity contribution >= 4 is 17.6 Å². The minimum Gasteiger partial charge on any atom is -0.481 e. The topological polar surface area (TPSA) is 66.4 Å². The molecular formula is C14H19NO3. The highest BCUT2D eigenvalue weighted by molar-refractivity contribution is 5.93. The van der Waals surface area contributed by atoms with Crippen molar-refractivity contribution in [3.8, 4) is 0 Å². The van der Waals surface area contributed by atoms with E-state index < -0.39 is 5.97 Å². The molecule has 0 aliphatic carbocycles. The summed E-state index contributed by atoms with van der Waals surface area (Å²) in [6.07, 6.45) is -0.155. The molecule has 4 nitrogen and oxygen atoms in total. The Labute approximate surface area is 107 Å². The third kappa shape index (κ3) is 4.20. The maximum Gasteiger partial charge on any atom is 0.303 e. The first-order valence-electron chi connectivity index (χ1n) is 5.92. The number of nitrogens with one attached hydrogen (secondary N) is 1. The number of benzene rings is 1. The lowest BCUT2D eigenvalue weighted by Gasteiger charge is -2.22. The Hall–Kier alpha value is -1.84. The standard InChI is InChI=1S/C14H19NO3/c1-14(2,3)10-6-4-5-7-11(10)15-12(16)8-9-13(17)18/h4-7H,8-9H2,1-3H3,(H,15,16)(H,17,18). The first kappa shape index (κ1) is 14.2. The number of carbonyl (C=O) groups excluding carboxylic acids is 1. The van der Waals surface area contributed by atoms with Gasteiger partial charge < -0.3 is 10.4 Å². The first-order chi connectivity index (χ1) is 8.30. The second kappa shape index (κ2) is 5.67. The molecule has 1 amide bonds. The normalized spacial score (nSPS) is 11.1. The van der Waals surface area contributed by atoms with Crippen LogP contribution in [-0.2, 0) is 15.0 Å². The number of aliphatic carboxylic acids is 1. The molecule has 0 bridgehead atoms. The van der Waals surface area contributed by atoms with Gasteiger partial charge >= 0.3 is 5.97 Å². The van der Waals surface area contributed by atoms with Crippen molar-refractivity contribution in [2.75, 3.05) is 5.32 Å². The predicted molar refractivity (Wildman–Crippen MR) is 70.6 cm³/mol. The number of carboxylic acids is 1. The fraction of sp³-hybridized carbons (Fsp3) is 0.429. The van der Waals surface area contributed by atoms with Crippen LogP contribution in [0.5, 0.6) is 0 Å². The van der Waals surface area contributed by atoms with Crippen molar-refractivity contribution in [1.82, 2.24) is 0 Å². The van der Waals surface area contributed by atoms with Crippen LogP contribution in [0.3, 0.4) is 0 Å². The third-order valence-corrected chi connectivity index (χ3v) is 2.58. The lowest BCUT2D eigenvalue weighted by atomic mass is 9.86. The van der Waals surface area contributed by atoms with Gasteiger partial charge in [-0.15, -0.1) is 0 Å². The van der Waals surface area contributed by atoms with E-state index >= 15 is 0 Å². The second-order valence-electron chi connectivity index (χ2n) is 5.24.